The smallest absolute Gasteiger partial charge is 0.0225 e. The number of rotatable bonds is 4. The van der Waals surface area contributed by atoms with Crippen LogP contribution in [0.4, 0.5) is 0 Å². The SMILES string of the molecule is CC1(Cc2ccccc2)CCC(CC2(C)CCC3CCCCC3CC2)CC1. The fraction of sp³-hybridized carbons (Fsp3) is 0.778. The minimum Gasteiger partial charge on any atom is -0.0622 e. The van der Waals surface area contributed by atoms with Crippen LogP contribution in [-0.4, -0.2) is 0 Å². The average Bonchev–Trinajstić information content (AvgIpc) is 2.84. The van der Waals surface area contributed by atoms with E-state index in [1.165, 1.54) is 69.8 Å². The first-order valence-electron chi connectivity index (χ1n) is 12.1. The van der Waals surface area contributed by atoms with Crippen LogP contribution in [0.2, 0.25) is 0 Å². The third kappa shape index (κ3) is 4.99. The lowest BCUT2D eigenvalue weighted by molar-refractivity contribution is 0.118. The summed E-state index contributed by atoms with van der Waals surface area (Å²) < 4.78 is 0. The van der Waals surface area contributed by atoms with Crippen LogP contribution in [0, 0.1) is 28.6 Å². The second-order valence-electron chi connectivity index (χ2n) is 11.3. The Kier molecular flexibility index (Phi) is 6.00. The van der Waals surface area contributed by atoms with Crippen molar-refractivity contribution in [1.29, 1.82) is 0 Å². The molecule has 0 spiro atoms. The van der Waals surface area contributed by atoms with Gasteiger partial charge >= 0.3 is 0 Å². The van der Waals surface area contributed by atoms with Gasteiger partial charge in [-0.2, -0.15) is 0 Å². The Labute approximate surface area is 168 Å². The van der Waals surface area contributed by atoms with E-state index in [1.54, 1.807) is 25.7 Å². The van der Waals surface area contributed by atoms with E-state index in [0.717, 1.165) is 17.8 Å². The maximum Gasteiger partial charge on any atom is -0.0225 e. The third-order valence-electron chi connectivity index (χ3n) is 8.87. The van der Waals surface area contributed by atoms with Crippen molar-refractivity contribution in [3.05, 3.63) is 35.9 Å². The van der Waals surface area contributed by atoms with Crippen LogP contribution in [0.1, 0.15) is 103 Å². The van der Waals surface area contributed by atoms with E-state index in [0.29, 0.717) is 10.8 Å². The van der Waals surface area contributed by atoms with Gasteiger partial charge < -0.3 is 0 Å². The first-order chi connectivity index (χ1) is 13.0. The second-order valence-corrected chi connectivity index (χ2v) is 11.3. The van der Waals surface area contributed by atoms with Crippen molar-refractivity contribution in [3.63, 3.8) is 0 Å². The molecule has 3 fully saturated rings. The van der Waals surface area contributed by atoms with Gasteiger partial charge in [0.15, 0.2) is 0 Å². The fourth-order valence-electron chi connectivity index (χ4n) is 6.98. The molecule has 3 aliphatic carbocycles. The lowest BCUT2D eigenvalue weighted by Gasteiger charge is -2.41. The summed E-state index contributed by atoms with van der Waals surface area (Å²) in [6, 6.07) is 11.2. The van der Waals surface area contributed by atoms with Gasteiger partial charge in [-0.15, -0.1) is 0 Å². The summed E-state index contributed by atoms with van der Waals surface area (Å²) in [5.41, 5.74) is 2.73. The second kappa shape index (κ2) is 8.30. The van der Waals surface area contributed by atoms with Crippen LogP contribution < -0.4 is 0 Å². The highest BCUT2D eigenvalue weighted by Gasteiger charge is 2.38. The lowest BCUT2D eigenvalue weighted by Crippen LogP contribution is -2.29. The Bertz CT molecular complexity index is 561. The molecule has 0 radical (unpaired) electrons. The van der Waals surface area contributed by atoms with E-state index in [4.69, 9.17) is 0 Å². The fourth-order valence-corrected chi connectivity index (χ4v) is 6.98. The quantitative estimate of drug-likeness (QED) is 0.503. The van der Waals surface area contributed by atoms with Crippen molar-refractivity contribution in [2.75, 3.05) is 0 Å². The van der Waals surface area contributed by atoms with Crippen LogP contribution in [-0.2, 0) is 6.42 Å². The van der Waals surface area contributed by atoms with Gasteiger partial charge in [-0.05, 0) is 98.4 Å². The highest BCUT2D eigenvalue weighted by atomic mass is 14.4. The van der Waals surface area contributed by atoms with E-state index >= 15 is 0 Å². The van der Waals surface area contributed by atoms with Gasteiger partial charge in [-0.1, -0.05) is 69.9 Å². The molecule has 0 aromatic heterocycles. The lowest BCUT2D eigenvalue weighted by atomic mass is 9.64. The minimum atomic E-state index is 0.539. The first-order valence-corrected chi connectivity index (χ1v) is 12.1. The van der Waals surface area contributed by atoms with Gasteiger partial charge in [0.2, 0.25) is 0 Å². The van der Waals surface area contributed by atoms with Crippen LogP contribution in [0.3, 0.4) is 0 Å². The molecule has 0 heteroatoms. The van der Waals surface area contributed by atoms with Crippen LogP contribution in [0.15, 0.2) is 30.3 Å². The Morgan fingerprint density at radius 1 is 0.704 bits per heavy atom. The van der Waals surface area contributed by atoms with Gasteiger partial charge in [-0.3, -0.25) is 0 Å². The summed E-state index contributed by atoms with van der Waals surface area (Å²) in [6.45, 7) is 5.20. The Balaban J connectivity index is 1.29. The molecule has 2 unspecified atom stereocenters. The molecule has 1 aromatic carbocycles. The summed E-state index contributed by atoms with van der Waals surface area (Å²) in [5, 5.41) is 0. The molecule has 150 valence electrons. The predicted molar refractivity (Wildman–Crippen MR) is 117 cm³/mol. The van der Waals surface area contributed by atoms with Crippen molar-refractivity contribution < 1.29 is 0 Å². The molecule has 0 aliphatic heterocycles. The Morgan fingerprint density at radius 2 is 1.26 bits per heavy atom. The van der Waals surface area contributed by atoms with Gasteiger partial charge in [0.25, 0.3) is 0 Å². The molecule has 0 N–H and O–H groups in total. The normalized spacial score (nSPS) is 40.1. The van der Waals surface area contributed by atoms with Gasteiger partial charge in [-0.25, -0.2) is 0 Å². The topological polar surface area (TPSA) is 0 Å². The third-order valence-corrected chi connectivity index (χ3v) is 8.87. The number of benzene rings is 1. The standard InChI is InChI=1S/C27H42/c1-26(20-22-8-4-3-5-9-22)16-12-23(13-17-26)21-27(2)18-14-24-10-6-7-11-25(24)15-19-27/h3-5,8-9,23-25H,6-7,10-21H2,1-2H3. The molecule has 0 bridgehead atoms. The van der Waals surface area contributed by atoms with Gasteiger partial charge in [0.1, 0.15) is 0 Å². The molecule has 27 heavy (non-hydrogen) atoms. The molecule has 0 saturated heterocycles. The monoisotopic (exact) mass is 366 g/mol. The van der Waals surface area contributed by atoms with E-state index in [1.807, 2.05) is 0 Å². The van der Waals surface area contributed by atoms with E-state index < -0.39 is 0 Å². The number of hydrogen-bond donors (Lipinski definition) is 0. The van der Waals surface area contributed by atoms with E-state index in [2.05, 4.69) is 44.2 Å². The van der Waals surface area contributed by atoms with Crippen molar-refractivity contribution >= 4 is 0 Å². The molecular formula is C27H42. The van der Waals surface area contributed by atoms with Crippen molar-refractivity contribution in [2.45, 2.75) is 104 Å². The average molecular weight is 367 g/mol. The zero-order valence-corrected chi connectivity index (χ0v) is 18.0. The van der Waals surface area contributed by atoms with Crippen LogP contribution >= 0.6 is 0 Å². The summed E-state index contributed by atoms with van der Waals surface area (Å²) in [6.07, 6.45) is 20.9. The molecular weight excluding hydrogens is 324 g/mol. The summed E-state index contributed by atoms with van der Waals surface area (Å²) in [7, 11) is 0. The number of fused-ring (bicyclic) bond motifs is 1. The Morgan fingerprint density at radius 3 is 1.85 bits per heavy atom. The van der Waals surface area contributed by atoms with Crippen molar-refractivity contribution in [2.24, 2.45) is 28.6 Å². The maximum atomic E-state index is 2.65. The molecule has 3 aliphatic rings. The van der Waals surface area contributed by atoms with Crippen molar-refractivity contribution in [3.8, 4) is 0 Å². The molecule has 2 atom stereocenters. The molecule has 3 saturated carbocycles. The van der Waals surface area contributed by atoms with Crippen LogP contribution in [0.5, 0.6) is 0 Å². The van der Waals surface area contributed by atoms with E-state index in [9.17, 15) is 0 Å². The highest BCUT2D eigenvalue weighted by molar-refractivity contribution is 5.16. The highest BCUT2D eigenvalue weighted by Crippen LogP contribution is 2.50. The molecule has 0 heterocycles. The summed E-state index contributed by atoms with van der Waals surface area (Å²) in [5.74, 6) is 3.17. The molecule has 1 aromatic rings. The number of hydrogen-bond acceptors (Lipinski definition) is 0. The van der Waals surface area contributed by atoms with E-state index in [-0.39, 0.29) is 0 Å². The molecule has 0 amide bonds. The van der Waals surface area contributed by atoms with Crippen LogP contribution in [0.25, 0.3) is 0 Å². The minimum absolute atomic E-state index is 0.539. The Hall–Kier alpha value is -0.780. The zero-order chi connectivity index (χ0) is 18.7. The van der Waals surface area contributed by atoms with Gasteiger partial charge in [0, 0.05) is 0 Å². The first kappa shape index (κ1) is 19.5. The van der Waals surface area contributed by atoms with Gasteiger partial charge in [0.05, 0.1) is 0 Å². The zero-order valence-electron chi connectivity index (χ0n) is 18.0. The van der Waals surface area contributed by atoms with Crippen molar-refractivity contribution in [1.82, 2.24) is 0 Å². The molecule has 4 rings (SSSR count). The largest absolute Gasteiger partial charge is 0.0622 e. The maximum absolute atomic E-state index is 2.65. The predicted octanol–water partition coefficient (Wildman–Crippen LogP) is 8.20. The molecule has 0 nitrogen and oxygen atoms in total. The summed E-state index contributed by atoms with van der Waals surface area (Å²) in [4.78, 5) is 0. The summed E-state index contributed by atoms with van der Waals surface area (Å²) >= 11 is 0.